The molecular formula is C15H15N3O2. The number of hydrogen-bond donors (Lipinski definition) is 1. The van der Waals surface area contributed by atoms with Crippen LogP contribution in [-0.2, 0) is 6.54 Å². The van der Waals surface area contributed by atoms with Crippen molar-refractivity contribution in [1.29, 1.82) is 5.26 Å². The molecule has 5 heteroatoms. The number of anilines is 1. The van der Waals surface area contributed by atoms with Crippen molar-refractivity contribution in [3.8, 4) is 23.4 Å². The van der Waals surface area contributed by atoms with E-state index < -0.39 is 0 Å². The van der Waals surface area contributed by atoms with Gasteiger partial charge in [0.15, 0.2) is 11.5 Å². The largest absolute Gasteiger partial charge is 0.493 e. The van der Waals surface area contributed by atoms with Crippen molar-refractivity contribution in [2.24, 2.45) is 0 Å². The monoisotopic (exact) mass is 269 g/mol. The highest BCUT2D eigenvalue weighted by molar-refractivity contribution is 5.57. The lowest BCUT2D eigenvalue weighted by Crippen LogP contribution is -2.02. The minimum atomic E-state index is 0.398. The first kappa shape index (κ1) is 13.6. The Morgan fingerprint density at radius 3 is 2.70 bits per heavy atom. The fraction of sp³-hybridized carbons (Fsp3) is 0.133. The van der Waals surface area contributed by atoms with Crippen molar-refractivity contribution in [2.75, 3.05) is 12.8 Å². The van der Waals surface area contributed by atoms with Crippen LogP contribution in [0.2, 0.25) is 0 Å². The third-order valence-electron chi connectivity index (χ3n) is 2.78. The van der Waals surface area contributed by atoms with Crippen LogP contribution in [0.15, 0.2) is 43.0 Å². The first-order valence-electron chi connectivity index (χ1n) is 6.02. The maximum absolute atomic E-state index is 9.11. The van der Waals surface area contributed by atoms with Gasteiger partial charge in [0, 0.05) is 12.6 Å². The summed E-state index contributed by atoms with van der Waals surface area (Å²) in [4.78, 5) is 0. The molecule has 1 aromatic heterocycles. The normalized spacial score (nSPS) is 9.80. The Morgan fingerprint density at radius 2 is 2.10 bits per heavy atom. The lowest BCUT2D eigenvalue weighted by atomic mass is 10.3. The highest BCUT2D eigenvalue weighted by Crippen LogP contribution is 2.35. The maximum Gasteiger partial charge on any atom is 0.224 e. The molecule has 0 aliphatic carbocycles. The molecule has 0 aliphatic heterocycles. The molecule has 0 bridgehead atoms. The number of nitrogens with zero attached hydrogens (tertiary/aromatic N) is 2. The van der Waals surface area contributed by atoms with Crippen LogP contribution in [0.4, 0.5) is 5.69 Å². The Balaban J connectivity index is 2.45. The van der Waals surface area contributed by atoms with E-state index >= 15 is 0 Å². The Bertz CT molecular complexity index is 668. The van der Waals surface area contributed by atoms with E-state index in [1.807, 2.05) is 12.1 Å². The average molecular weight is 269 g/mol. The van der Waals surface area contributed by atoms with Gasteiger partial charge in [0.2, 0.25) is 5.88 Å². The predicted octanol–water partition coefficient (Wildman–Crippen LogP) is 2.93. The van der Waals surface area contributed by atoms with Crippen LogP contribution in [0.5, 0.6) is 17.4 Å². The van der Waals surface area contributed by atoms with Gasteiger partial charge in [-0.05, 0) is 12.1 Å². The van der Waals surface area contributed by atoms with E-state index in [0.29, 0.717) is 35.3 Å². The molecule has 0 saturated carbocycles. The molecule has 0 saturated heterocycles. The quantitative estimate of drug-likeness (QED) is 0.847. The van der Waals surface area contributed by atoms with Gasteiger partial charge in [0.05, 0.1) is 12.8 Å². The van der Waals surface area contributed by atoms with E-state index in [1.54, 1.807) is 36.0 Å². The Kier molecular flexibility index (Phi) is 3.96. The smallest absolute Gasteiger partial charge is 0.224 e. The summed E-state index contributed by atoms with van der Waals surface area (Å²) in [6.45, 7) is 4.11. The second kappa shape index (κ2) is 5.85. The average Bonchev–Trinajstić information content (AvgIpc) is 2.76. The molecule has 0 radical (unpaired) electrons. The summed E-state index contributed by atoms with van der Waals surface area (Å²) in [6.07, 6.45) is 1.68. The minimum absolute atomic E-state index is 0.398. The van der Waals surface area contributed by atoms with Gasteiger partial charge < -0.3 is 15.2 Å². The SMILES string of the molecule is C=CCn1c(C#N)cc(N)c1Oc1ccccc1OC. The van der Waals surface area contributed by atoms with Gasteiger partial charge in [-0.1, -0.05) is 18.2 Å². The summed E-state index contributed by atoms with van der Waals surface area (Å²) in [5, 5.41) is 9.11. The number of rotatable bonds is 5. The summed E-state index contributed by atoms with van der Waals surface area (Å²) >= 11 is 0. The van der Waals surface area contributed by atoms with E-state index in [0.717, 1.165) is 0 Å². The molecule has 0 aliphatic rings. The number of aromatic nitrogens is 1. The highest BCUT2D eigenvalue weighted by Gasteiger charge is 2.16. The van der Waals surface area contributed by atoms with Crippen molar-refractivity contribution in [3.63, 3.8) is 0 Å². The van der Waals surface area contributed by atoms with Gasteiger partial charge in [-0.25, -0.2) is 0 Å². The van der Waals surface area contributed by atoms with Gasteiger partial charge >= 0.3 is 0 Å². The number of hydrogen-bond acceptors (Lipinski definition) is 4. The molecule has 102 valence electrons. The Hall–Kier alpha value is -2.87. The van der Waals surface area contributed by atoms with Crippen LogP contribution in [0.3, 0.4) is 0 Å². The third kappa shape index (κ3) is 2.45. The summed E-state index contributed by atoms with van der Waals surface area (Å²) in [6, 6.07) is 10.9. The van der Waals surface area contributed by atoms with Crippen molar-refractivity contribution >= 4 is 5.69 Å². The molecule has 2 N–H and O–H groups in total. The molecular weight excluding hydrogens is 254 g/mol. The van der Waals surface area contributed by atoms with E-state index in [-0.39, 0.29) is 0 Å². The van der Waals surface area contributed by atoms with E-state index in [4.69, 9.17) is 20.5 Å². The first-order valence-corrected chi connectivity index (χ1v) is 6.02. The number of methoxy groups -OCH3 is 1. The van der Waals surface area contributed by atoms with Crippen molar-refractivity contribution < 1.29 is 9.47 Å². The molecule has 0 spiro atoms. The number of nitriles is 1. The lowest BCUT2D eigenvalue weighted by molar-refractivity contribution is 0.368. The Morgan fingerprint density at radius 1 is 1.40 bits per heavy atom. The van der Waals surface area contributed by atoms with Gasteiger partial charge in [-0.2, -0.15) is 5.26 Å². The van der Waals surface area contributed by atoms with Crippen molar-refractivity contribution in [1.82, 2.24) is 4.57 Å². The van der Waals surface area contributed by atoms with Crippen LogP contribution in [0.25, 0.3) is 0 Å². The topological polar surface area (TPSA) is 73.2 Å². The van der Waals surface area contributed by atoms with Crippen LogP contribution < -0.4 is 15.2 Å². The van der Waals surface area contributed by atoms with Crippen molar-refractivity contribution in [2.45, 2.75) is 6.54 Å². The summed E-state index contributed by atoms with van der Waals surface area (Å²) < 4.78 is 12.7. The van der Waals surface area contributed by atoms with Gasteiger partial charge in [0.1, 0.15) is 11.8 Å². The van der Waals surface area contributed by atoms with Crippen LogP contribution in [0, 0.1) is 11.3 Å². The molecule has 1 aromatic carbocycles. The molecule has 0 fully saturated rings. The van der Waals surface area contributed by atoms with Crippen molar-refractivity contribution in [3.05, 3.63) is 48.7 Å². The number of nitrogens with two attached hydrogens (primary N) is 1. The molecule has 1 heterocycles. The zero-order valence-corrected chi connectivity index (χ0v) is 11.2. The number of ether oxygens (including phenoxy) is 2. The van der Waals surface area contributed by atoms with E-state index in [1.165, 1.54) is 0 Å². The number of nitrogen functional groups attached to an aromatic ring is 1. The fourth-order valence-corrected chi connectivity index (χ4v) is 1.88. The molecule has 5 nitrogen and oxygen atoms in total. The number of para-hydroxylation sites is 2. The molecule has 20 heavy (non-hydrogen) atoms. The second-order valence-electron chi connectivity index (χ2n) is 4.05. The summed E-state index contributed by atoms with van der Waals surface area (Å²) in [5.74, 6) is 1.54. The zero-order valence-electron chi connectivity index (χ0n) is 11.2. The molecule has 0 unspecified atom stereocenters. The fourth-order valence-electron chi connectivity index (χ4n) is 1.88. The van der Waals surface area contributed by atoms with Gasteiger partial charge in [-0.15, -0.1) is 6.58 Å². The standard InChI is InChI=1S/C15H15N3O2/c1-3-8-18-11(10-16)9-12(17)15(18)20-14-7-5-4-6-13(14)19-2/h3-7,9H,1,8,17H2,2H3. The number of benzene rings is 1. The van der Waals surface area contributed by atoms with Crippen LogP contribution >= 0.6 is 0 Å². The van der Waals surface area contributed by atoms with E-state index in [9.17, 15) is 0 Å². The van der Waals surface area contributed by atoms with Gasteiger partial charge in [-0.3, -0.25) is 4.57 Å². The summed E-state index contributed by atoms with van der Waals surface area (Å²) in [5.41, 5.74) is 6.74. The molecule has 0 atom stereocenters. The van der Waals surface area contributed by atoms with E-state index in [2.05, 4.69) is 12.6 Å². The molecule has 0 amide bonds. The second-order valence-corrected chi connectivity index (χ2v) is 4.05. The van der Waals surface area contributed by atoms with Gasteiger partial charge in [0.25, 0.3) is 0 Å². The first-order chi connectivity index (χ1) is 9.71. The number of allylic oxidation sites excluding steroid dienone is 1. The minimum Gasteiger partial charge on any atom is -0.493 e. The highest BCUT2D eigenvalue weighted by atomic mass is 16.5. The lowest BCUT2D eigenvalue weighted by Gasteiger charge is -2.13. The molecule has 2 rings (SSSR count). The van der Waals surface area contributed by atoms with Crippen LogP contribution in [0.1, 0.15) is 5.69 Å². The van der Waals surface area contributed by atoms with Crippen LogP contribution in [-0.4, -0.2) is 11.7 Å². The maximum atomic E-state index is 9.11. The predicted molar refractivity (Wildman–Crippen MR) is 76.8 cm³/mol. The molecule has 2 aromatic rings. The Labute approximate surface area is 117 Å². The zero-order chi connectivity index (χ0) is 14.5. The third-order valence-corrected chi connectivity index (χ3v) is 2.78. The summed E-state index contributed by atoms with van der Waals surface area (Å²) in [7, 11) is 1.56.